The third-order valence-corrected chi connectivity index (χ3v) is 5.15. The van der Waals surface area contributed by atoms with E-state index in [-0.39, 0.29) is 23.9 Å². The lowest BCUT2D eigenvalue weighted by Gasteiger charge is -2.35. The molecule has 1 heterocycles. The first kappa shape index (κ1) is 21.4. The van der Waals surface area contributed by atoms with E-state index < -0.39 is 4.92 Å². The van der Waals surface area contributed by atoms with Gasteiger partial charge in [-0.15, -0.1) is 0 Å². The molecule has 0 saturated carbocycles. The number of hydrogen-bond donors (Lipinski definition) is 1. The minimum Gasteiger partial charge on any atom is -0.497 e. The van der Waals surface area contributed by atoms with Gasteiger partial charge >= 0.3 is 5.69 Å². The largest absolute Gasteiger partial charge is 0.497 e. The van der Waals surface area contributed by atoms with Crippen molar-refractivity contribution in [3.05, 3.63) is 52.1 Å². The molecule has 0 bridgehead atoms. The van der Waals surface area contributed by atoms with Gasteiger partial charge in [0.25, 0.3) is 0 Å². The van der Waals surface area contributed by atoms with Gasteiger partial charge in [0, 0.05) is 55.8 Å². The summed E-state index contributed by atoms with van der Waals surface area (Å²) in [6, 6.07) is 10.8. The van der Waals surface area contributed by atoms with Gasteiger partial charge in [-0.2, -0.15) is 0 Å². The van der Waals surface area contributed by atoms with E-state index in [4.69, 9.17) is 9.47 Å². The van der Waals surface area contributed by atoms with Gasteiger partial charge in [0.2, 0.25) is 5.91 Å². The van der Waals surface area contributed by atoms with Crippen molar-refractivity contribution in [2.45, 2.75) is 6.92 Å². The predicted molar refractivity (Wildman–Crippen MR) is 115 cm³/mol. The zero-order valence-corrected chi connectivity index (χ0v) is 17.4. The van der Waals surface area contributed by atoms with Crippen molar-refractivity contribution in [1.29, 1.82) is 0 Å². The number of carbonyl (C=O) groups is 1. The fourth-order valence-corrected chi connectivity index (χ4v) is 3.48. The van der Waals surface area contributed by atoms with Gasteiger partial charge in [-0.25, -0.2) is 0 Å². The van der Waals surface area contributed by atoms with Gasteiger partial charge in [-0.3, -0.25) is 19.8 Å². The summed E-state index contributed by atoms with van der Waals surface area (Å²) in [5.41, 5.74) is 2.10. The summed E-state index contributed by atoms with van der Waals surface area (Å²) in [5.74, 6) is 0.778. The fraction of sp³-hybridized carbons (Fsp3) is 0.381. The molecule has 0 atom stereocenters. The van der Waals surface area contributed by atoms with Crippen LogP contribution in [0.15, 0.2) is 36.4 Å². The first-order chi connectivity index (χ1) is 14.4. The summed E-state index contributed by atoms with van der Waals surface area (Å²) in [6.45, 7) is 5.11. The lowest BCUT2D eigenvalue weighted by Crippen LogP contribution is -2.48. The minimum absolute atomic E-state index is 0.118. The number of rotatable bonds is 7. The SMILES string of the molecule is COc1cccc(N2CCN(CC(=O)Nc3cc(OC)c([N+](=O)[O-])cc3C)CC2)c1. The molecule has 0 spiro atoms. The Morgan fingerprint density at radius 1 is 1.13 bits per heavy atom. The molecule has 2 aromatic rings. The molecule has 9 nitrogen and oxygen atoms in total. The first-order valence-electron chi connectivity index (χ1n) is 9.65. The maximum Gasteiger partial charge on any atom is 0.311 e. The molecule has 0 radical (unpaired) electrons. The maximum atomic E-state index is 12.5. The van der Waals surface area contributed by atoms with Crippen LogP contribution in [0.3, 0.4) is 0 Å². The van der Waals surface area contributed by atoms with Crippen molar-refractivity contribution in [1.82, 2.24) is 4.90 Å². The van der Waals surface area contributed by atoms with Gasteiger partial charge < -0.3 is 19.7 Å². The number of piperazine rings is 1. The van der Waals surface area contributed by atoms with Crippen molar-refractivity contribution in [2.75, 3.05) is 57.2 Å². The number of carbonyl (C=O) groups excluding carboxylic acids is 1. The predicted octanol–water partition coefficient (Wildman–Crippen LogP) is 2.68. The second-order valence-electron chi connectivity index (χ2n) is 7.11. The molecule has 1 N–H and O–H groups in total. The second kappa shape index (κ2) is 9.45. The van der Waals surface area contributed by atoms with Crippen LogP contribution in [-0.4, -0.2) is 62.7 Å². The van der Waals surface area contributed by atoms with E-state index in [9.17, 15) is 14.9 Å². The normalized spacial score (nSPS) is 14.3. The lowest BCUT2D eigenvalue weighted by atomic mass is 10.1. The van der Waals surface area contributed by atoms with Crippen LogP contribution in [-0.2, 0) is 4.79 Å². The van der Waals surface area contributed by atoms with E-state index in [0.29, 0.717) is 11.3 Å². The Bertz CT molecular complexity index is 926. The second-order valence-corrected chi connectivity index (χ2v) is 7.11. The van der Waals surface area contributed by atoms with E-state index in [1.165, 1.54) is 19.2 Å². The number of nitrogens with one attached hydrogen (secondary N) is 1. The number of anilines is 2. The summed E-state index contributed by atoms with van der Waals surface area (Å²) in [6.07, 6.45) is 0. The summed E-state index contributed by atoms with van der Waals surface area (Å²) in [4.78, 5) is 27.5. The van der Waals surface area contributed by atoms with E-state index in [0.717, 1.165) is 37.6 Å². The van der Waals surface area contributed by atoms with Crippen molar-refractivity contribution < 1.29 is 19.2 Å². The summed E-state index contributed by atoms with van der Waals surface area (Å²) < 4.78 is 10.4. The molecule has 3 rings (SSSR count). The Labute approximate surface area is 175 Å². The maximum absolute atomic E-state index is 12.5. The Hall–Kier alpha value is -3.33. The standard InChI is InChI=1S/C21H26N4O5/c1-15-11-19(25(27)28)20(30-3)13-18(15)22-21(26)14-23-7-9-24(10-8-23)16-5-4-6-17(12-16)29-2/h4-6,11-13H,7-10,14H2,1-3H3,(H,22,26). The number of methoxy groups -OCH3 is 2. The molecule has 1 aliphatic rings. The van der Waals surface area contributed by atoms with E-state index in [2.05, 4.69) is 21.2 Å². The number of nitrogens with zero attached hydrogens (tertiary/aromatic N) is 3. The van der Waals surface area contributed by atoms with Crippen LogP contribution in [0.2, 0.25) is 0 Å². The number of nitro groups is 1. The quantitative estimate of drug-likeness (QED) is 0.549. The topological polar surface area (TPSA) is 97.2 Å². The van der Waals surface area contributed by atoms with Crippen molar-refractivity contribution in [3.8, 4) is 11.5 Å². The molecule has 1 fully saturated rings. The molecule has 1 amide bonds. The van der Waals surface area contributed by atoms with Crippen molar-refractivity contribution in [3.63, 3.8) is 0 Å². The Morgan fingerprint density at radius 2 is 1.87 bits per heavy atom. The monoisotopic (exact) mass is 414 g/mol. The Balaban J connectivity index is 1.57. The number of hydrogen-bond acceptors (Lipinski definition) is 7. The molecule has 1 aliphatic heterocycles. The zero-order valence-electron chi connectivity index (χ0n) is 17.4. The molecular weight excluding hydrogens is 388 g/mol. The van der Waals surface area contributed by atoms with Crippen molar-refractivity contribution >= 4 is 23.0 Å². The Kier molecular flexibility index (Phi) is 6.73. The highest BCUT2D eigenvalue weighted by atomic mass is 16.6. The summed E-state index contributed by atoms with van der Waals surface area (Å²) in [5, 5.41) is 14.0. The summed E-state index contributed by atoms with van der Waals surface area (Å²) in [7, 11) is 3.02. The average molecular weight is 414 g/mol. The molecule has 2 aromatic carbocycles. The third-order valence-electron chi connectivity index (χ3n) is 5.15. The third kappa shape index (κ3) is 4.98. The zero-order chi connectivity index (χ0) is 21.7. The molecule has 1 saturated heterocycles. The fourth-order valence-electron chi connectivity index (χ4n) is 3.48. The lowest BCUT2D eigenvalue weighted by molar-refractivity contribution is -0.385. The van der Waals surface area contributed by atoms with Crippen LogP contribution in [0.5, 0.6) is 11.5 Å². The van der Waals surface area contributed by atoms with Crippen molar-refractivity contribution in [2.24, 2.45) is 0 Å². The number of nitro benzene ring substituents is 1. The van der Waals surface area contributed by atoms with Crippen LogP contribution >= 0.6 is 0 Å². The number of amides is 1. The van der Waals surface area contributed by atoms with Gasteiger partial charge in [-0.1, -0.05) is 6.07 Å². The van der Waals surface area contributed by atoms with Gasteiger partial charge in [0.15, 0.2) is 5.75 Å². The molecule has 30 heavy (non-hydrogen) atoms. The highest BCUT2D eigenvalue weighted by Crippen LogP contribution is 2.32. The molecule has 9 heteroatoms. The van der Waals surface area contributed by atoms with E-state index in [1.54, 1.807) is 14.0 Å². The minimum atomic E-state index is -0.501. The Morgan fingerprint density at radius 3 is 2.50 bits per heavy atom. The number of aryl methyl sites for hydroxylation is 1. The van der Waals surface area contributed by atoms with Gasteiger partial charge in [0.05, 0.1) is 25.7 Å². The van der Waals surface area contributed by atoms with Gasteiger partial charge in [-0.05, 0) is 24.6 Å². The van der Waals surface area contributed by atoms with E-state index >= 15 is 0 Å². The van der Waals surface area contributed by atoms with Crippen LogP contribution in [0.4, 0.5) is 17.1 Å². The molecule has 0 unspecified atom stereocenters. The summed E-state index contributed by atoms with van der Waals surface area (Å²) >= 11 is 0. The van der Waals surface area contributed by atoms with Crippen LogP contribution < -0.4 is 19.7 Å². The highest BCUT2D eigenvalue weighted by molar-refractivity contribution is 5.93. The number of ether oxygens (including phenoxy) is 2. The van der Waals surface area contributed by atoms with Crippen LogP contribution in [0.25, 0.3) is 0 Å². The smallest absolute Gasteiger partial charge is 0.311 e. The molecule has 0 aromatic heterocycles. The van der Waals surface area contributed by atoms with E-state index in [1.807, 2.05) is 18.2 Å². The average Bonchev–Trinajstić information content (AvgIpc) is 2.75. The molecule has 0 aliphatic carbocycles. The highest BCUT2D eigenvalue weighted by Gasteiger charge is 2.21. The van der Waals surface area contributed by atoms with Gasteiger partial charge in [0.1, 0.15) is 5.75 Å². The van der Waals surface area contributed by atoms with Crippen LogP contribution in [0.1, 0.15) is 5.56 Å². The number of benzene rings is 2. The first-order valence-corrected chi connectivity index (χ1v) is 9.65. The molecule has 160 valence electrons. The van der Waals surface area contributed by atoms with Crippen LogP contribution in [0, 0.1) is 17.0 Å². The molecular formula is C21H26N4O5.